The predicted octanol–water partition coefficient (Wildman–Crippen LogP) is 2.71. The molecular weight excluding hydrogens is 556 g/mol. The number of ether oxygens (including phenoxy) is 8. The Morgan fingerprint density at radius 2 is 0.929 bits per heavy atom. The molecule has 0 spiro atoms. The monoisotopic (exact) mass is 594 g/mol. The van der Waals surface area contributed by atoms with Crippen LogP contribution in [-0.4, -0.2) is 104 Å². The highest BCUT2D eigenvalue weighted by molar-refractivity contribution is 6.04. The number of rotatable bonds is 16. The zero-order valence-corrected chi connectivity index (χ0v) is 24.5. The Balaban J connectivity index is 0.000000420. The van der Waals surface area contributed by atoms with Crippen molar-refractivity contribution in [3.05, 3.63) is 58.7 Å². The summed E-state index contributed by atoms with van der Waals surface area (Å²) in [6.45, 7) is 4.24. The average Bonchev–Trinajstić information content (AvgIpc) is 3.03. The van der Waals surface area contributed by atoms with Gasteiger partial charge in [-0.3, -0.25) is 0 Å². The lowest BCUT2D eigenvalue weighted by Gasteiger charge is -2.10. The highest BCUT2D eigenvalue weighted by Gasteiger charge is 2.20. The van der Waals surface area contributed by atoms with Crippen molar-refractivity contribution in [1.29, 1.82) is 0 Å². The van der Waals surface area contributed by atoms with Gasteiger partial charge in [0.2, 0.25) is 0 Å². The first-order chi connectivity index (χ1) is 20.3. The van der Waals surface area contributed by atoms with Crippen molar-refractivity contribution >= 4 is 23.9 Å². The molecule has 1 N–H and O–H groups in total. The molecule has 42 heavy (non-hydrogen) atoms. The summed E-state index contributed by atoms with van der Waals surface area (Å²) in [5.74, 6) is -1.65. The summed E-state index contributed by atoms with van der Waals surface area (Å²) in [6.07, 6.45) is 0.945. The maximum atomic E-state index is 11.7. The van der Waals surface area contributed by atoms with E-state index in [-0.39, 0.29) is 42.1 Å². The SMILES string of the molecule is CCCOCCOc1ccc(C(=O)OC)c(C(=O)OC)c1.COC(=O)c1ccc(OCCOCCO)cc1C(=O)OC. The third-order valence-electron chi connectivity index (χ3n) is 5.18. The number of hydrogen-bond acceptors (Lipinski definition) is 13. The summed E-state index contributed by atoms with van der Waals surface area (Å²) in [7, 11) is 4.94. The van der Waals surface area contributed by atoms with Gasteiger partial charge >= 0.3 is 23.9 Å². The van der Waals surface area contributed by atoms with Gasteiger partial charge in [-0.1, -0.05) is 6.92 Å². The average molecular weight is 595 g/mol. The Morgan fingerprint density at radius 3 is 1.29 bits per heavy atom. The topological polar surface area (TPSA) is 162 Å². The molecule has 0 bridgehead atoms. The molecule has 0 amide bonds. The molecule has 232 valence electrons. The van der Waals surface area contributed by atoms with Crippen LogP contribution in [-0.2, 0) is 28.4 Å². The van der Waals surface area contributed by atoms with E-state index in [4.69, 9.17) is 24.1 Å². The van der Waals surface area contributed by atoms with Crippen molar-refractivity contribution in [3.63, 3.8) is 0 Å². The molecule has 0 atom stereocenters. The number of carbonyl (C=O) groups excluding carboxylic acids is 4. The summed E-state index contributed by atoms with van der Waals surface area (Å²) in [4.78, 5) is 46.6. The maximum absolute atomic E-state index is 11.7. The molecule has 2 rings (SSSR count). The number of hydrogen-bond donors (Lipinski definition) is 1. The maximum Gasteiger partial charge on any atom is 0.338 e. The van der Waals surface area contributed by atoms with Crippen molar-refractivity contribution < 1.29 is 62.2 Å². The van der Waals surface area contributed by atoms with Crippen LogP contribution in [0.3, 0.4) is 0 Å². The largest absolute Gasteiger partial charge is 0.491 e. The Kier molecular flexibility index (Phi) is 17.6. The quantitative estimate of drug-likeness (QED) is 0.172. The van der Waals surface area contributed by atoms with Gasteiger partial charge in [-0.15, -0.1) is 0 Å². The van der Waals surface area contributed by atoms with Crippen LogP contribution >= 0.6 is 0 Å². The Bertz CT molecular complexity index is 1060. The van der Waals surface area contributed by atoms with Crippen molar-refractivity contribution in [1.82, 2.24) is 0 Å². The molecule has 0 aromatic heterocycles. The molecule has 13 nitrogen and oxygen atoms in total. The van der Waals surface area contributed by atoms with Gasteiger partial charge in [-0.25, -0.2) is 19.2 Å². The van der Waals surface area contributed by atoms with E-state index in [0.717, 1.165) is 6.42 Å². The molecule has 0 radical (unpaired) electrons. The molecule has 0 unspecified atom stereocenters. The number of benzene rings is 2. The minimum Gasteiger partial charge on any atom is -0.491 e. The fourth-order valence-electron chi connectivity index (χ4n) is 3.21. The number of esters is 4. The van der Waals surface area contributed by atoms with Gasteiger partial charge in [0.15, 0.2) is 0 Å². The predicted molar refractivity (Wildman–Crippen MR) is 148 cm³/mol. The second-order valence-electron chi connectivity index (χ2n) is 8.03. The lowest BCUT2D eigenvalue weighted by Crippen LogP contribution is -2.13. The number of carbonyl (C=O) groups is 4. The van der Waals surface area contributed by atoms with Crippen LogP contribution in [0, 0.1) is 0 Å². The van der Waals surface area contributed by atoms with Gasteiger partial charge in [0.05, 0.1) is 77.1 Å². The summed E-state index contributed by atoms with van der Waals surface area (Å²) in [5, 5.41) is 8.55. The van der Waals surface area contributed by atoms with Crippen molar-refractivity contribution in [2.75, 3.05) is 74.7 Å². The molecule has 0 saturated carbocycles. The standard InChI is InChI=1S/C15H20O6.C14H18O7/c1-4-7-20-8-9-21-11-5-6-12(14(16)18-2)13(10-11)15(17)19-3;1-18-13(16)11-4-3-10(9-12(11)14(17)19-2)21-8-7-20-6-5-15/h5-6,10H,4,7-9H2,1-3H3;3-4,9,15H,5-8H2,1-2H3. The molecule has 0 aliphatic rings. The van der Waals surface area contributed by atoms with Crippen LogP contribution in [0.2, 0.25) is 0 Å². The van der Waals surface area contributed by atoms with E-state index in [2.05, 4.69) is 18.9 Å². The first kappa shape index (κ1) is 35.8. The summed E-state index contributed by atoms with van der Waals surface area (Å²) >= 11 is 0. The number of methoxy groups -OCH3 is 4. The Hall–Kier alpha value is -4.20. The lowest BCUT2D eigenvalue weighted by atomic mass is 10.1. The van der Waals surface area contributed by atoms with E-state index in [1.807, 2.05) is 6.92 Å². The number of aliphatic hydroxyl groups is 1. The normalized spacial score (nSPS) is 10.0. The van der Waals surface area contributed by atoms with E-state index in [0.29, 0.717) is 37.9 Å². The highest BCUT2D eigenvalue weighted by atomic mass is 16.5. The molecule has 2 aromatic carbocycles. The first-order valence-electron chi connectivity index (χ1n) is 12.9. The molecular formula is C29H38O13. The zero-order valence-electron chi connectivity index (χ0n) is 24.5. The van der Waals surface area contributed by atoms with E-state index in [9.17, 15) is 19.2 Å². The highest BCUT2D eigenvalue weighted by Crippen LogP contribution is 2.21. The second-order valence-corrected chi connectivity index (χ2v) is 8.03. The van der Waals surface area contributed by atoms with Crippen LogP contribution < -0.4 is 9.47 Å². The summed E-state index contributed by atoms with van der Waals surface area (Å²) in [5.41, 5.74) is 0.418. The molecule has 0 aliphatic carbocycles. The zero-order chi connectivity index (χ0) is 31.3. The smallest absolute Gasteiger partial charge is 0.338 e. The Labute approximate surface area is 244 Å². The van der Waals surface area contributed by atoms with E-state index >= 15 is 0 Å². The summed E-state index contributed by atoms with van der Waals surface area (Å²) < 4.78 is 39.7. The fourth-order valence-corrected chi connectivity index (χ4v) is 3.21. The van der Waals surface area contributed by atoms with Gasteiger partial charge in [-0.2, -0.15) is 0 Å². The van der Waals surface area contributed by atoms with Gasteiger partial charge in [0.25, 0.3) is 0 Å². The van der Waals surface area contributed by atoms with Gasteiger partial charge < -0.3 is 43.0 Å². The molecule has 0 aliphatic heterocycles. The lowest BCUT2D eigenvalue weighted by molar-refractivity contribution is 0.0554. The van der Waals surface area contributed by atoms with Crippen molar-refractivity contribution in [3.8, 4) is 11.5 Å². The fraction of sp³-hybridized carbons (Fsp3) is 0.448. The van der Waals surface area contributed by atoms with E-state index in [1.54, 1.807) is 12.1 Å². The third-order valence-corrected chi connectivity index (χ3v) is 5.18. The van der Waals surface area contributed by atoms with Crippen LogP contribution in [0.25, 0.3) is 0 Å². The van der Waals surface area contributed by atoms with Crippen molar-refractivity contribution in [2.24, 2.45) is 0 Å². The second kappa shape index (κ2) is 20.6. The van der Waals surface area contributed by atoms with Gasteiger partial charge in [0, 0.05) is 6.61 Å². The van der Waals surface area contributed by atoms with Gasteiger partial charge in [-0.05, 0) is 42.8 Å². The van der Waals surface area contributed by atoms with Crippen LogP contribution in [0.15, 0.2) is 36.4 Å². The third kappa shape index (κ3) is 12.1. The molecule has 0 heterocycles. The molecule has 0 saturated heterocycles. The molecule has 2 aromatic rings. The van der Waals surface area contributed by atoms with E-state index < -0.39 is 23.9 Å². The minimum absolute atomic E-state index is 0.0552. The van der Waals surface area contributed by atoms with Crippen LogP contribution in [0.4, 0.5) is 0 Å². The van der Waals surface area contributed by atoms with Crippen LogP contribution in [0.5, 0.6) is 11.5 Å². The molecule has 0 fully saturated rings. The number of aliphatic hydroxyl groups excluding tert-OH is 1. The Morgan fingerprint density at radius 1 is 0.548 bits per heavy atom. The van der Waals surface area contributed by atoms with Crippen molar-refractivity contribution in [2.45, 2.75) is 13.3 Å². The van der Waals surface area contributed by atoms with Crippen LogP contribution in [0.1, 0.15) is 54.8 Å². The molecule has 13 heteroatoms. The summed E-state index contributed by atoms with van der Waals surface area (Å²) in [6, 6.07) is 8.91. The van der Waals surface area contributed by atoms with Gasteiger partial charge in [0.1, 0.15) is 24.7 Å². The minimum atomic E-state index is -0.655. The van der Waals surface area contributed by atoms with E-state index in [1.165, 1.54) is 52.7 Å². The first-order valence-corrected chi connectivity index (χ1v) is 12.9.